The van der Waals surface area contributed by atoms with Crippen LogP contribution in [0.25, 0.3) is 0 Å². The molecule has 8 rings (SSSR count). The summed E-state index contributed by atoms with van der Waals surface area (Å²) in [7, 11) is 0. The topological polar surface area (TPSA) is 99.1 Å². The smallest absolute Gasteiger partial charge is 0.315 e. The lowest BCUT2D eigenvalue weighted by Crippen LogP contribution is -2.45. The van der Waals surface area contributed by atoms with Gasteiger partial charge in [0, 0.05) is 49.3 Å². The minimum absolute atomic E-state index is 0.220. The van der Waals surface area contributed by atoms with Crippen molar-refractivity contribution in [1.29, 1.82) is 0 Å². The van der Waals surface area contributed by atoms with E-state index in [1.54, 1.807) is 22.3 Å². The van der Waals surface area contributed by atoms with Crippen molar-refractivity contribution in [2.45, 2.75) is 190 Å². The van der Waals surface area contributed by atoms with E-state index in [4.69, 9.17) is 11.5 Å². The summed E-state index contributed by atoms with van der Waals surface area (Å²) in [6.07, 6.45) is 29.3. The van der Waals surface area contributed by atoms with E-state index in [0.717, 1.165) is 63.5 Å². The highest BCUT2D eigenvalue weighted by atomic mass is 16.2. The first-order valence-electron chi connectivity index (χ1n) is 24.3. The summed E-state index contributed by atoms with van der Waals surface area (Å²) in [4.78, 5) is 34.5. The number of fused-ring (bicyclic) bond motifs is 10. The Labute approximate surface area is 350 Å². The van der Waals surface area contributed by atoms with E-state index in [1.807, 2.05) is 9.80 Å². The second-order valence-electron chi connectivity index (χ2n) is 19.5. The molecule has 6 aliphatic rings. The van der Waals surface area contributed by atoms with E-state index in [0.29, 0.717) is 36.3 Å². The number of primary amides is 2. The number of hydrogen-bond acceptors (Lipinski definition) is 4. The van der Waals surface area contributed by atoms with Crippen LogP contribution in [0.2, 0.25) is 0 Å². The minimum Gasteiger partial charge on any atom is -0.351 e. The van der Waals surface area contributed by atoms with E-state index in [1.165, 1.54) is 129 Å². The summed E-state index contributed by atoms with van der Waals surface area (Å²) in [5.41, 5.74) is 18.2. The fourth-order valence-electron chi connectivity index (χ4n) is 13.0. The van der Waals surface area contributed by atoms with Crippen LogP contribution in [0.4, 0.5) is 9.59 Å². The highest BCUT2D eigenvalue weighted by Gasteiger charge is 2.44. The number of urea groups is 2. The molecular formula is C50H76N6O2. The molecule has 4 aliphatic heterocycles. The summed E-state index contributed by atoms with van der Waals surface area (Å²) in [6, 6.07) is 21.0. The SMILES string of the molecule is NC(=O)N(CCCCCCCCCCCCN(C(N)=O)C1CCC(CCN2[C@@H]3CC[C@H]2c2ccccc23)CC1)C1CCC(CCN2[C@@H]3CC[C@H]2c2ccccc23)CC1. The van der Waals surface area contributed by atoms with E-state index >= 15 is 0 Å². The Balaban J connectivity index is 0.623. The first kappa shape index (κ1) is 41.6. The maximum absolute atomic E-state index is 12.5. The summed E-state index contributed by atoms with van der Waals surface area (Å²) in [5.74, 6) is 1.55. The molecule has 8 nitrogen and oxygen atoms in total. The van der Waals surface area contributed by atoms with Gasteiger partial charge in [-0.15, -0.1) is 0 Å². The largest absolute Gasteiger partial charge is 0.351 e. The van der Waals surface area contributed by atoms with Crippen LogP contribution in [0, 0.1) is 11.8 Å². The van der Waals surface area contributed by atoms with Gasteiger partial charge in [0.1, 0.15) is 0 Å². The van der Waals surface area contributed by atoms with Crippen LogP contribution < -0.4 is 11.5 Å². The molecule has 2 saturated heterocycles. The molecular weight excluding hydrogens is 717 g/mol. The lowest BCUT2D eigenvalue weighted by molar-refractivity contribution is 0.137. The fraction of sp³-hybridized carbons (Fsp3) is 0.720. The number of hydrogen-bond donors (Lipinski definition) is 2. The summed E-state index contributed by atoms with van der Waals surface area (Å²) in [6.45, 7) is 4.07. The van der Waals surface area contributed by atoms with Crippen LogP contribution >= 0.6 is 0 Å². The third-order valence-corrected chi connectivity index (χ3v) is 16.2. The Morgan fingerprint density at radius 1 is 0.448 bits per heavy atom. The number of carbonyl (C=O) groups excluding carboxylic acids is 2. The van der Waals surface area contributed by atoms with Crippen molar-refractivity contribution in [1.82, 2.24) is 19.6 Å². The lowest BCUT2D eigenvalue weighted by atomic mass is 9.83. The zero-order chi connectivity index (χ0) is 39.8. The van der Waals surface area contributed by atoms with Gasteiger partial charge in [-0.05, 0) is 150 Å². The molecule has 2 saturated carbocycles. The van der Waals surface area contributed by atoms with Crippen LogP contribution in [0.3, 0.4) is 0 Å². The van der Waals surface area contributed by atoms with Crippen molar-refractivity contribution in [2.24, 2.45) is 23.3 Å². The van der Waals surface area contributed by atoms with Gasteiger partial charge in [0.05, 0.1) is 0 Å². The van der Waals surface area contributed by atoms with Crippen LogP contribution in [0.1, 0.15) is 201 Å². The van der Waals surface area contributed by atoms with Gasteiger partial charge in [0.25, 0.3) is 0 Å². The number of rotatable bonds is 21. The summed E-state index contributed by atoms with van der Waals surface area (Å²) >= 11 is 0. The highest BCUT2D eigenvalue weighted by Crippen LogP contribution is 2.54. The quantitative estimate of drug-likeness (QED) is 0.123. The second kappa shape index (κ2) is 20.0. The molecule has 2 aromatic carbocycles. The molecule has 4 fully saturated rings. The van der Waals surface area contributed by atoms with Gasteiger partial charge in [0.15, 0.2) is 0 Å². The Morgan fingerprint density at radius 2 is 0.741 bits per heavy atom. The lowest BCUT2D eigenvalue weighted by Gasteiger charge is -2.37. The van der Waals surface area contributed by atoms with Crippen LogP contribution in [-0.4, -0.2) is 69.9 Å². The van der Waals surface area contributed by atoms with Crippen molar-refractivity contribution in [2.75, 3.05) is 26.2 Å². The Morgan fingerprint density at radius 3 is 1.03 bits per heavy atom. The van der Waals surface area contributed by atoms with Crippen LogP contribution in [-0.2, 0) is 0 Å². The molecule has 4 amide bonds. The van der Waals surface area contributed by atoms with Gasteiger partial charge >= 0.3 is 12.1 Å². The fourth-order valence-corrected chi connectivity index (χ4v) is 13.0. The van der Waals surface area contributed by atoms with Crippen LogP contribution in [0.15, 0.2) is 48.5 Å². The predicted molar refractivity (Wildman–Crippen MR) is 235 cm³/mol. The first-order chi connectivity index (χ1) is 28.5. The zero-order valence-electron chi connectivity index (χ0n) is 35.8. The molecule has 4 atom stereocenters. The average Bonchev–Trinajstić information content (AvgIpc) is 4.01. The third-order valence-electron chi connectivity index (χ3n) is 16.2. The number of unbranched alkanes of at least 4 members (excludes halogenated alkanes) is 9. The predicted octanol–water partition coefficient (Wildman–Crippen LogP) is 11.3. The van der Waals surface area contributed by atoms with Gasteiger partial charge in [-0.1, -0.05) is 99.9 Å². The number of nitrogens with two attached hydrogens (primary N) is 2. The Hall–Kier alpha value is -3.10. The van der Waals surface area contributed by atoms with Gasteiger partial charge < -0.3 is 21.3 Å². The van der Waals surface area contributed by atoms with Gasteiger partial charge in [0.2, 0.25) is 0 Å². The van der Waals surface area contributed by atoms with Crippen molar-refractivity contribution in [3.05, 3.63) is 70.8 Å². The molecule has 0 radical (unpaired) electrons. The molecule has 0 spiro atoms. The van der Waals surface area contributed by atoms with E-state index < -0.39 is 0 Å². The van der Waals surface area contributed by atoms with Crippen LogP contribution in [0.5, 0.6) is 0 Å². The molecule has 0 aromatic heterocycles. The molecule has 4 N–H and O–H groups in total. The normalized spacial score (nSPS) is 28.8. The van der Waals surface area contributed by atoms with E-state index in [9.17, 15) is 9.59 Å². The second-order valence-corrected chi connectivity index (χ2v) is 19.5. The molecule has 318 valence electrons. The number of benzene rings is 2. The standard InChI is InChI=1S/C50H76N6O2/c51-49(57)53(39-23-19-37(20-24-39)31-35-55-45-27-28-46(55)42-16-10-9-15-41(42)45)33-13-7-5-3-1-2-4-6-8-14-34-54(50(52)58)40-25-21-38(22-26-40)32-36-56-47-29-30-48(56)44-18-12-11-17-43(44)47/h9-12,15-18,37-40,45-48H,1-8,13-14,19-36H2,(H2,51,57)(H2,52,58)/t37?,38?,39?,40?,45-,46+,47-,48+. The van der Waals surface area contributed by atoms with E-state index in [-0.39, 0.29) is 12.1 Å². The van der Waals surface area contributed by atoms with Gasteiger partial charge in [-0.3, -0.25) is 9.80 Å². The highest BCUT2D eigenvalue weighted by molar-refractivity contribution is 5.72. The molecule has 4 bridgehead atoms. The number of carbonyl (C=O) groups is 2. The third kappa shape index (κ3) is 9.59. The minimum atomic E-state index is -0.220. The van der Waals surface area contributed by atoms with Crippen molar-refractivity contribution in [3.8, 4) is 0 Å². The van der Waals surface area contributed by atoms with Crippen molar-refractivity contribution < 1.29 is 9.59 Å². The number of nitrogens with zero attached hydrogens (tertiary/aromatic N) is 4. The molecule has 2 aromatic rings. The zero-order valence-corrected chi connectivity index (χ0v) is 35.8. The molecule has 0 unspecified atom stereocenters. The maximum atomic E-state index is 12.5. The van der Waals surface area contributed by atoms with Gasteiger partial charge in [-0.2, -0.15) is 0 Å². The monoisotopic (exact) mass is 793 g/mol. The molecule has 58 heavy (non-hydrogen) atoms. The van der Waals surface area contributed by atoms with Gasteiger partial charge in [-0.25, -0.2) is 9.59 Å². The summed E-state index contributed by atoms with van der Waals surface area (Å²) in [5, 5.41) is 0. The maximum Gasteiger partial charge on any atom is 0.315 e. The number of amides is 4. The average molecular weight is 793 g/mol. The Bertz CT molecular complexity index is 1450. The van der Waals surface area contributed by atoms with Crippen molar-refractivity contribution >= 4 is 12.1 Å². The van der Waals surface area contributed by atoms with Crippen molar-refractivity contribution in [3.63, 3.8) is 0 Å². The van der Waals surface area contributed by atoms with E-state index in [2.05, 4.69) is 58.3 Å². The molecule has 4 heterocycles. The molecule has 2 aliphatic carbocycles. The first-order valence-corrected chi connectivity index (χ1v) is 24.3. The Kier molecular flexibility index (Phi) is 14.3. The molecule has 8 heteroatoms. The summed E-state index contributed by atoms with van der Waals surface area (Å²) < 4.78 is 0.